The molecule has 2 bridgehead atoms. The van der Waals surface area contributed by atoms with E-state index in [0.717, 1.165) is 17.6 Å². The van der Waals surface area contributed by atoms with Crippen LogP contribution in [0.3, 0.4) is 0 Å². The van der Waals surface area contributed by atoms with Crippen LogP contribution in [0.4, 0.5) is 8.78 Å². The van der Waals surface area contributed by atoms with Crippen molar-refractivity contribution in [1.29, 1.82) is 0 Å². The fourth-order valence-corrected chi connectivity index (χ4v) is 10.2. The lowest BCUT2D eigenvalue weighted by Gasteiger charge is -2.37. The molecule has 0 N–H and O–H groups in total. The molecule has 2 aliphatic carbocycles. The molecule has 0 aromatic rings. The summed E-state index contributed by atoms with van der Waals surface area (Å²) in [6, 6.07) is -0.491. The molecule has 7 nitrogen and oxygen atoms in total. The number of carbonyl (C=O) groups is 1. The zero-order chi connectivity index (χ0) is 22.8. The zero-order valence-electron chi connectivity index (χ0n) is 18.2. The Labute approximate surface area is 177 Å². The summed E-state index contributed by atoms with van der Waals surface area (Å²) < 4.78 is 78.9. The molecule has 1 spiro atoms. The first-order chi connectivity index (χ1) is 13.7. The van der Waals surface area contributed by atoms with Crippen molar-refractivity contribution in [1.82, 2.24) is 4.31 Å². The Kier molecular flexibility index (Phi) is 6.01. The quantitative estimate of drug-likeness (QED) is 0.492. The average molecular weight is 472 g/mol. The fourth-order valence-electron chi connectivity index (χ4n) is 5.91. The van der Waals surface area contributed by atoms with E-state index in [1.807, 2.05) is 13.8 Å². The number of hydrogen-bond donors (Lipinski definition) is 0. The van der Waals surface area contributed by atoms with E-state index in [2.05, 4.69) is 0 Å². The number of nitrogens with zero attached hydrogens (tertiary/aromatic N) is 1. The van der Waals surface area contributed by atoms with Gasteiger partial charge in [-0.15, -0.1) is 0 Å². The van der Waals surface area contributed by atoms with Gasteiger partial charge in [0.1, 0.15) is 0 Å². The van der Waals surface area contributed by atoms with E-state index in [-0.39, 0.29) is 24.4 Å². The Bertz CT molecular complexity index is 853. The lowest BCUT2D eigenvalue weighted by molar-refractivity contribution is -0.132. The molecular weight excluding hydrogens is 439 g/mol. The van der Waals surface area contributed by atoms with E-state index in [9.17, 15) is 26.6 Å². The van der Waals surface area contributed by atoms with Crippen molar-refractivity contribution >= 4 is 23.5 Å². The maximum absolute atomic E-state index is 15.0. The second-order valence-corrected chi connectivity index (χ2v) is 13.3. The summed E-state index contributed by atoms with van der Waals surface area (Å²) in [7, 11) is -8.71. The van der Waals surface area contributed by atoms with Crippen molar-refractivity contribution in [2.45, 2.75) is 72.0 Å². The van der Waals surface area contributed by atoms with Crippen LogP contribution in [-0.4, -0.2) is 49.3 Å². The van der Waals surface area contributed by atoms with Gasteiger partial charge in [-0.05, 0) is 44.4 Å². The number of fused-ring (bicyclic) bond motifs is 1. The molecular formula is C19H32F2NO6PS. The molecule has 0 unspecified atom stereocenters. The summed E-state index contributed by atoms with van der Waals surface area (Å²) in [5.41, 5.74) is -4.68. The number of amides is 1. The minimum atomic E-state index is -4.81. The van der Waals surface area contributed by atoms with E-state index >= 15 is 0 Å². The molecule has 30 heavy (non-hydrogen) atoms. The number of hydrogen-bond acceptors (Lipinski definition) is 6. The minimum Gasteiger partial charge on any atom is -0.305 e. The summed E-state index contributed by atoms with van der Waals surface area (Å²) >= 11 is 0. The first kappa shape index (κ1) is 24.1. The van der Waals surface area contributed by atoms with E-state index in [0.29, 0.717) is 18.8 Å². The largest absolute Gasteiger partial charge is 0.399 e. The second kappa shape index (κ2) is 7.49. The Morgan fingerprint density at radius 2 is 1.83 bits per heavy atom. The second-order valence-electron chi connectivity index (χ2n) is 9.34. The number of sulfonamides is 1. The molecule has 1 aliphatic heterocycles. The molecule has 4 atom stereocenters. The molecule has 3 aliphatic rings. The number of halogens is 2. The van der Waals surface area contributed by atoms with E-state index < -0.39 is 53.0 Å². The maximum Gasteiger partial charge on any atom is 0.399 e. The van der Waals surface area contributed by atoms with Crippen LogP contribution in [0.25, 0.3) is 0 Å². The van der Waals surface area contributed by atoms with Gasteiger partial charge in [0.25, 0.3) is 0 Å². The molecule has 3 rings (SSSR count). The highest BCUT2D eigenvalue weighted by Gasteiger charge is 2.72. The lowest BCUT2D eigenvalue weighted by Crippen LogP contribution is -2.45. The van der Waals surface area contributed by atoms with Gasteiger partial charge in [0.05, 0.1) is 25.0 Å². The summed E-state index contributed by atoms with van der Waals surface area (Å²) in [5, 5.41) is 0. The predicted octanol–water partition coefficient (Wildman–Crippen LogP) is 4.24. The van der Waals surface area contributed by atoms with Crippen LogP contribution in [0.15, 0.2) is 0 Å². The first-order valence-corrected chi connectivity index (χ1v) is 13.7. The Morgan fingerprint density at radius 3 is 2.33 bits per heavy atom. The molecule has 11 heteroatoms. The lowest BCUT2D eigenvalue weighted by atomic mass is 9.69. The van der Waals surface area contributed by atoms with Gasteiger partial charge in [0, 0.05) is 17.8 Å². The molecule has 0 radical (unpaired) electrons. The highest BCUT2D eigenvalue weighted by Crippen LogP contribution is 2.70. The standard InChI is InChI=1S/C19H32F2NO6PS/c1-6-27-29(24,28-7-2)19(20,21)13(3)10-16(23)22-15-11-14-8-9-18(15,17(14,4)5)12-30(22,25)26/h13-15H,6-12H2,1-5H3/t13-,14+,15-,18+/m0/s1. The van der Waals surface area contributed by atoms with Crippen LogP contribution >= 0.6 is 7.60 Å². The van der Waals surface area contributed by atoms with Crippen LogP contribution in [0.1, 0.15) is 60.3 Å². The maximum atomic E-state index is 15.0. The van der Waals surface area contributed by atoms with Crippen LogP contribution < -0.4 is 0 Å². The topological polar surface area (TPSA) is 90.0 Å². The van der Waals surface area contributed by atoms with Gasteiger partial charge < -0.3 is 9.05 Å². The van der Waals surface area contributed by atoms with Gasteiger partial charge in [0.15, 0.2) is 0 Å². The minimum absolute atomic E-state index is 0.124. The number of alkyl halides is 2. The normalized spacial score (nSPS) is 33.0. The highest BCUT2D eigenvalue weighted by molar-refractivity contribution is 7.90. The summed E-state index contributed by atoms with van der Waals surface area (Å²) in [5.74, 6) is -2.40. The molecule has 1 heterocycles. The highest BCUT2D eigenvalue weighted by atomic mass is 32.2. The fraction of sp³-hybridized carbons (Fsp3) is 0.947. The van der Waals surface area contributed by atoms with Crippen molar-refractivity contribution < 1.29 is 35.6 Å². The first-order valence-electron chi connectivity index (χ1n) is 10.5. The smallest absolute Gasteiger partial charge is 0.305 e. The number of carbonyl (C=O) groups excluding carboxylic acids is 1. The van der Waals surface area contributed by atoms with Crippen LogP contribution in [0, 0.1) is 22.7 Å². The third-order valence-electron chi connectivity index (χ3n) is 7.69. The van der Waals surface area contributed by atoms with Crippen LogP contribution in [0.2, 0.25) is 0 Å². The van der Waals surface area contributed by atoms with Crippen LogP contribution in [0.5, 0.6) is 0 Å². The van der Waals surface area contributed by atoms with Gasteiger partial charge in [-0.2, -0.15) is 8.78 Å². The van der Waals surface area contributed by atoms with E-state index in [4.69, 9.17) is 9.05 Å². The zero-order valence-corrected chi connectivity index (χ0v) is 19.9. The SMILES string of the molecule is CCOP(=O)(OCC)C(F)(F)[C@@H](C)CC(=O)N1[C@H]2C[C@H]3CC[C@]2(CS1(=O)=O)C3(C)C. The molecule has 1 saturated heterocycles. The van der Waals surface area contributed by atoms with Crippen molar-refractivity contribution in [2.75, 3.05) is 19.0 Å². The van der Waals surface area contributed by atoms with Gasteiger partial charge in [-0.25, -0.2) is 12.7 Å². The van der Waals surface area contributed by atoms with Crippen molar-refractivity contribution in [3.8, 4) is 0 Å². The summed E-state index contributed by atoms with van der Waals surface area (Å²) in [6.07, 6.45) is 1.45. The van der Waals surface area contributed by atoms with Crippen molar-refractivity contribution in [3.05, 3.63) is 0 Å². The average Bonchev–Trinajstić information content (AvgIpc) is 3.09. The molecule has 0 aromatic heterocycles. The Hall–Kier alpha value is -0.570. The molecule has 2 saturated carbocycles. The van der Waals surface area contributed by atoms with Crippen LogP contribution in [-0.2, 0) is 28.4 Å². The van der Waals surface area contributed by atoms with Gasteiger partial charge in [0.2, 0.25) is 15.9 Å². The van der Waals surface area contributed by atoms with Crippen molar-refractivity contribution in [3.63, 3.8) is 0 Å². The summed E-state index contributed by atoms with van der Waals surface area (Å²) in [6.45, 7) is 7.53. The predicted molar refractivity (Wildman–Crippen MR) is 108 cm³/mol. The van der Waals surface area contributed by atoms with E-state index in [1.165, 1.54) is 13.8 Å². The molecule has 174 valence electrons. The Balaban J connectivity index is 1.85. The van der Waals surface area contributed by atoms with Gasteiger partial charge >= 0.3 is 13.3 Å². The van der Waals surface area contributed by atoms with Crippen molar-refractivity contribution in [2.24, 2.45) is 22.7 Å². The monoisotopic (exact) mass is 471 g/mol. The third-order valence-corrected chi connectivity index (χ3v) is 12.0. The molecule has 3 fully saturated rings. The number of rotatable bonds is 8. The van der Waals surface area contributed by atoms with Gasteiger partial charge in [-0.1, -0.05) is 20.8 Å². The molecule has 1 amide bonds. The molecule has 0 aromatic carbocycles. The summed E-state index contributed by atoms with van der Waals surface area (Å²) in [4.78, 5) is 13.0. The van der Waals surface area contributed by atoms with Gasteiger partial charge in [-0.3, -0.25) is 9.36 Å². The third kappa shape index (κ3) is 3.20. The van der Waals surface area contributed by atoms with E-state index in [1.54, 1.807) is 0 Å². The Morgan fingerprint density at radius 1 is 1.27 bits per heavy atom.